The van der Waals surface area contributed by atoms with Crippen molar-refractivity contribution in [2.75, 3.05) is 5.32 Å². The molecule has 0 aliphatic heterocycles. The van der Waals surface area contributed by atoms with Crippen molar-refractivity contribution in [3.8, 4) is 0 Å². The number of nitrogens with one attached hydrogen (secondary N) is 1. The minimum absolute atomic E-state index is 0.151. The number of aryl methyl sites for hydroxylation is 1. The predicted molar refractivity (Wildman–Crippen MR) is 75.3 cm³/mol. The third-order valence-corrected chi connectivity index (χ3v) is 4.21. The molecular formula is C16H24FN. The highest BCUT2D eigenvalue weighted by atomic mass is 19.1. The van der Waals surface area contributed by atoms with E-state index in [0.29, 0.717) is 12.0 Å². The van der Waals surface area contributed by atoms with Gasteiger partial charge in [-0.3, -0.25) is 0 Å². The van der Waals surface area contributed by atoms with E-state index in [0.717, 1.165) is 17.2 Å². The molecule has 18 heavy (non-hydrogen) atoms. The van der Waals surface area contributed by atoms with E-state index in [1.165, 1.54) is 25.7 Å². The van der Waals surface area contributed by atoms with Crippen LogP contribution in [0.3, 0.4) is 0 Å². The average molecular weight is 249 g/mol. The summed E-state index contributed by atoms with van der Waals surface area (Å²) in [4.78, 5) is 0. The predicted octanol–water partition coefficient (Wildman–Crippen LogP) is 4.76. The molecule has 1 aliphatic carbocycles. The van der Waals surface area contributed by atoms with Crippen LogP contribution >= 0.6 is 0 Å². The summed E-state index contributed by atoms with van der Waals surface area (Å²) in [6.07, 6.45) is 5.21. The van der Waals surface area contributed by atoms with Crippen LogP contribution in [0.4, 0.5) is 10.1 Å². The molecule has 2 rings (SSSR count). The van der Waals surface area contributed by atoms with Gasteiger partial charge in [-0.05, 0) is 55.4 Å². The van der Waals surface area contributed by atoms with Crippen LogP contribution in [-0.4, -0.2) is 6.04 Å². The van der Waals surface area contributed by atoms with Gasteiger partial charge in [0.15, 0.2) is 0 Å². The standard InChI is InChI=1S/C16H24FN/c1-11(2)14-6-4-5-7-16(14)18-15-9-8-13(17)10-12(15)3/h8-11,14,16,18H,4-7H2,1-3H3. The van der Waals surface area contributed by atoms with Gasteiger partial charge in [0.2, 0.25) is 0 Å². The van der Waals surface area contributed by atoms with Crippen LogP contribution in [0.1, 0.15) is 45.1 Å². The molecule has 2 heteroatoms. The largest absolute Gasteiger partial charge is 0.382 e. The molecule has 2 atom stereocenters. The van der Waals surface area contributed by atoms with E-state index in [1.807, 2.05) is 13.0 Å². The summed E-state index contributed by atoms with van der Waals surface area (Å²) >= 11 is 0. The average Bonchev–Trinajstić information content (AvgIpc) is 2.33. The van der Waals surface area contributed by atoms with Crippen LogP contribution in [0.25, 0.3) is 0 Å². The van der Waals surface area contributed by atoms with E-state index in [1.54, 1.807) is 12.1 Å². The zero-order valence-electron chi connectivity index (χ0n) is 11.7. The molecule has 1 nitrogen and oxygen atoms in total. The third-order valence-electron chi connectivity index (χ3n) is 4.21. The molecule has 1 aliphatic rings. The Labute approximate surface area is 110 Å². The van der Waals surface area contributed by atoms with E-state index in [9.17, 15) is 4.39 Å². The summed E-state index contributed by atoms with van der Waals surface area (Å²) in [7, 11) is 0. The van der Waals surface area contributed by atoms with Gasteiger partial charge in [-0.2, -0.15) is 0 Å². The summed E-state index contributed by atoms with van der Waals surface area (Å²) in [5, 5.41) is 3.64. The van der Waals surface area contributed by atoms with Crippen LogP contribution in [0, 0.1) is 24.6 Å². The van der Waals surface area contributed by atoms with Crippen molar-refractivity contribution in [2.24, 2.45) is 11.8 Å². The number of anilines is 1. The monoisotopic (exact) mass is 249 g/mol. The minimum Gasteiger partial charge on any atom is -0.382 e. The molecule has 1 saturated carbocycles. The number of halogens is 1. The maximum atomic E-state index is 13.1. The minimum atomic E-state index is -0.151. The number of hydrogen-bond acceptors (Lipinski definition) is 1. The topological polar surface area (TPSA) is 12.0 Å². The molecule has 0 radical (unpaired) electrons. The fraction of sp³-hybridized carbons (Fsp3) is 0.625. The van der Waals surface area contributed by atoms with Crippen molar-refractivity contribution in [1.82, 2.24) is 0 Å². The number of rotatable bonds is 3. The molecule has 0 aromatic heterocycles. The summed E-state index contributed by atoms with van der Waals surface area (Å²) < 4.78 is 13.1. The summed E-state index contributed by atoms with van der Waals surface area (Å²) in [6, 6.07) is 5.57. The molecule has 2 unspecified atom stereocenters. The van der Waals surface area contributed by atoms with Crippen LogP contribution in [0.15, 0.2) is 18.2 Å². The molecule has 1 aromatic rings. The Bertz CT molecular complexity index is 400. The molecule has 0 saturated heterocycles. The molecule has 100 valence electrons. The van der Waals surface area contributed by atoms with Gasteiger partial charge in [0.25, 0.3) is 0 Å². The summed E-state index contributed by atoms with van der Waals surface area (Å²) in [5.74, 6) is 1.30. The highest BCUT2D eigenvalue weighted by molar-refractivity contribution is 5.51. The maximum absolute atomic E-state index is 13.1. The lowest BCUT2D eigenvalue weighted by Gasteiger charge is -2.36. The highest BCUT2D eigenvalue weighted by Gasteiger charge is 2.27. The molecule has 0 spiro atoms. The molecule has 0 amide bonds. The van der Waals surface area contributed by atoms with Crippen LogP contribution in [0.2, 0.25) is 0 Å². The lowest BCUT2D eigenvalue weighted by Crippen LogP contribution is -2.35. The number of hydrogen-bond donors (Lipinski definition) is 1. The van der Waals surface area contributed by atoms with Crippen molar-refractivity contribution in [2.45, 2.75) is 52.5 Å². The second-order valence-electron chi connectivity index (χ2n) is 5.90. The SMILES string of the molecule is Cc1cc(F)ccc1NC1CCCCC1C(C)C. The van der Waals surface area contributed by atoms with E-state index < -0.39 is 0 Å². The van der Waals surface area contributed by atoms with Crippen molar-refractivity contribution >= 4 is 5.69 Å². The van der Waals surface area contributed by atoms with Crippen molar-refractivity contribution in [3.63, 3.8) is 0 Å². The van der Waals surface area contributed by atoms with E-state index in [4.69, 9.17) is 0 Å². The molecule has 1 fully saturated rings. The van der Waals surface area contributed by atoms with Gasteiger partial charge < -0.3 is 5.32 Å². The van der Waals surface area contributed by atoms with Crippen molar-refractivity contribution in [1.29, 1.82) is 0 Å². The molecular weight excluding hydrogens is 225 g/mol. The van der Waals surface area contributed by atoms with Gasteiger partial charge in [0, 0.05) is 11.7 Å². The Morgan fingerprint density at radius 1 is 1.22 bits per heavy atom. The molecule has 0 heterocycles. The Hall–Kier alpha value is -1.05. The Morgan fingerprint density at radius 2 is 1.94 bits per heavy atom. The normalized spacial score (nSPS) is 24.3. The highest BCUT2D eigenvalue weighted by Crippen LogP contribution is 2.32. The Balaban J connectivity index is 2.11. The van der Waals surface area contributed by atoms with Gasteiger partial charge in [-0.25, -0.2) is 4.39 Å². The second-order valence-corrected chi connectivity index (χ2v) is 5.90. The van der Waals surface area contributed by atoms with Gasteiger partial charge >= 0.3 is 0 Å². The van der Waals surface area contributed by atoms with E-state index >= 15 is 0 Å². The van der Waals surface area contributed by atoms with Crippen LogP contribution in [0.5, 0.6) is 0 Å². The zero-order valence-corrected chi connectivity index (χ0v) is 11.7. The molecule has 1 aromatic carbocycles. The third kappa shape index (κ3) is 3.04. The van der Waals surface area contributed by atoms with Gasteiger partial charge in [0.1, 0.15) is 5.82 Å². The molecule has 0 bridgehead atoms. The first-order valence-electron chi connectivity index (χ1n) is 7.10. The van der Waals surface area contributed by atoms with Gasteiger partial charge in [0.05, 0.1) is 0 Å². The fourth-order valence-electron chi connectivity index (χ4n) is 3.13. The lowest BCUT2D eigenvalue weighted by molar-refractivity contribution is 0.254. The quantitative estimate of drug-likeness (QED) is 0.814. The fourth-order valence-corrected chi connectivity index (χ4v) is 3.13. The number of benzene rings is 1. The lowest BCUT2D eigenvalue weighted by atomic mass is 9.77. The maximum Gasteiger partial charge on any atom is 0.123 e. The van der Waals surface area contributed by atoms with Crippen LogP contribution in [-0.2, 0) is 0 Å². The Kier molecular flexibility index (Phi) is 4.26. The first-order chi connectivity index (χ1) is 8.58. The first kappa shape index (κ1) is 13.4. The van der Waals surface area contributed by atoms with E-state index in [-0.39, 0.29) is 5.82 Å². The summed E-state index contributed by atoms with van der Waals surface area (Å²) in [5.41, 5.74) is 2.09. The van der Waals surface area contributed by atoms with Crippen molar-refractivity contribution < 1.29 is 4.39 Å². The smallest absolute Gasteiger partial charge is 0.123 e. The second kappa shape index (κ2) is 5.73. The van der Waals surface area contributed by atoms with Gasteiger partial charge in [-0.15, -0.1) is 0 Å². The Morgan fingerprint density at radius 3 is 2.61 bits per heavy atom. The molecule has 1 N–H and O–H groups in total. The van der Waals surface area contributed by atoms with Crippen molar-refractivity contribution in [3.05, 3.63) is 29.6 Å². The van der Waals surface area contributed by atoms with Gasteiger partial charge in [-0.1, -0.05) is 26.7 Å². The van der Waals surface area contributed by atoms with Crippen LogP contribution < -0.4 is 5.32 Å². The van der Waals surface area contributed by atoms with E-state index in [2.05, 4.69) is 19.2 Å². The first-order valence-corrected chi connectivity index (χ1v) is 7.10. The summed E-state index contributed by atoms with van der Waals surface area (Å²) in [6.45, 7) is 6.59. The zero-order chi connectivity index (χ0) is 13.1.